The van der Waals surface area contributed by atoms with Crippen molar-refractivity contribution < 1.29 is 0 Å². The Balaban J connectivity index is 1.96. The fourth-order valence-corrected chi connectivity index (χ4v) is 2.81. The second kappa shape index (κ2) is 5.63. The summed E-state index contributed by atoms with van der Waals surface area (Å²) < 4.78 is 0. The van der Waals surface area contributed by atoms with Gasteiger partial charge in [-0.05, 0) is 43.2 Å². The summed E-state index contributed by atoms with van der Waals surface area (Å²) in [6.45, 7) is 6.98. The third kappa shape index (κ3) is 3.29. The molecule has 0 aromatic carbocycles. The van der Waals surface area contributed by atoms with Gasteiger partial charge in [0.05, 0.1) is 0 Å². The third-order valence-corrected chi connectivity index (χ3v) is 4.11. The largest absolute Gasteiger partial charge is 0.307 e. The highest BCUT2D eigenvalue weighted by Crippen LogP contribution is 2.29. The minimum Gasteiger partial charge on any atom is -0.307 e. The minimum absolute atomic E-state index is 0.404. The zero-order valence-electron chi connectivity index (χ0n) is 11.2. The molecule has 0 aliphatic heterocycles. The van der Waals surface area contributed by atoms with Gasteiger partial charge in [-0.2, -0.15) is 0 Å². The molecule has 0 radical (unpaired) electrons. The van der Waals surface area contributed by atoms with Crippen LogP contribution in [0.5, 0.6) is 0 Å². The van der Waals surface area contributed by atoms with Crippen molar-refractivity contribution in [3.63, 3.8) is 0 Å². The van der Waals surface area contributed by atoms with Gasteiger partial charge in [-0.25, -0.2) is 0 Å². The molecular formula is C15H24N2. The topological polar surface area (TPSA) is 24.9 Å². The van der Waals surface area contributed by atoms with Crippen molar-refractivity contribution in [2.45, 2.75) is 52.1 Å². The fourth-order valence-electron chi connectivity index (χ4n) is 2.81. The van der Waals surface area contributed by atoms with E-state index in [9.17, 15) is 0 Å². The maximum absolute atomic E-state index is 4.19. The van der Waals surface area contributed by atoms with Crippen LogP contribution in [0.25, 0.3) is 0 Å². The molecule has 2 rings (SSSR count). The van der Waals surface area contributed by atoms with E-state index in [1.807, 2.05) is 18.5 Å². The van der Waals surface area contributed by atoms with E-state index in [2.05, 4.69) is 37.1 Å². The standard InChI is InChI=1S/C15H24N2/c1-11-6-7-12(2)15(9-11)17-13(3)14-5-4-8-16-10-14/h4-5,8,10-13,15,17H,6-7,9H2,1-3H3/t11?,12?,13-,15?/m0/s1. The van der Waals surface area contributed by atoms with E-state index in [-0.39, 0.29) is 0 Å². The highest BCUT2D eigenvalue weighted by Gasteiger charge is 2.26. The number of nitrogens with zero attached hydrogens (tertiary/aromatic N) is 1. The lowest BCUT2D eigenvalue weighted by Gasteiger charge is -2.35. The van der Waals surface area contributed by atoms with Gasteiger partial charge >= 0.3 is 0 Å². The van der Waals surface area contributed by atoms with Gasteiger partial charge in [-0.15, -0.1) is 0 Å². The molecule has 1 aliphatic carbocycles. The molecule has 4 atom stereocenters. The van der Waals surface area contributed by atoms with E-state index >= 15 is 0 Å². The summed E-state index contributed by atoms with van der Waals surface area (Å²) in [5.41, 5.74) is 1.29. The Morgan fingerprint density at radius 1 is 1.35 bits per heavy atom. The monoisotopic (exact) mass is 232 g/mol. The Morgan fingerprint density at radius 2 is 2.18 bits per heavy atom. The number of nitrogens with one attached hydrogen (secondary N) is 1. The molecule has 3 unspecified atom stereocenters. The van der Waals surface area contributed by atoms with Crippen molar-refractivity contribution in [3.8, 4) is 0 Å². The van der Waals surface area contributed by atoms with Crippen LogP contribution in [0.2, 0.25) is 0 Å². The van der Waals surface area contributed by atoms with Crippen molar-refractivity contribution in [2.75, 3.05) is 0 Å². The maximum Gasteiger partial charge on any atom is 0.0315 e. The molecule has 0 amide bonds. The van der Waals surface area contributed by atoms with Crippen LogP contribution in [0.1, 0.15) is 51.6 Å². The number of hydrogen-bond acceptors (Lipinski definition) is 2. The Morgan fingerprint density at radius 3 is 2.88 bits per heavy atom. The summed E-state index contributed by atoms with van der Waals surface area (Å²) >= 11 is 0. The number of aromatic nitrogens is 1. The summed E-state index contributed by atoms with van der Waals surface area (Å²) in [6, 6.07) is 5.23. The highest BCUT2D eigenvalue weighted by atomic mass is 15.0. The zero-order valence-corrected chi connectivity index (χ0v) is 11.2. The van der Waals surface area contributed by atoms with Crippen molar-refractivity contribution in [2.24, 2.45) is 11.8 Å². The first kappa shape index (κ1) is 12.6. The highest BCUT2D eigenvalue weighted by molar-refractivity contribution is 5.13. The van der Waals surface area contributed by atoms with Crippen LogP contribution in [0.15, 0.2) is 24.5 Å². The lowest BCUT2D eigenvalue weighted by Crippen LogP contribution is -2.40. The molecule has 94 valence electrons. The maximum atomic E-state index is 4.19. The molecule has 0 saturated heterocycles. The summed E-state index contributed by atoms with van der Waals surface area (Å²) in [4.78, 5) is 4.19. The Labute approximate surface area is 105 Å². The molecule has 2 heteroatoms. The van der Waals surface area contributed by atoms with Gasteiger partial charge in [-0.3, -0.25) is 4.98 Å². The van der Waals surface area contributed by atoms with Crippen LogP contribution in [-0.4, -0.2) is 11.0 Å². The molecule has 1 saturated carbocycles. The molecule has 0 spiro atoms. The lowest BCUT2D eigenvalue weighted by molar-refractivity contribution is 0.216. The molecule has 1 aromatic rings. The van der Waals surface area contributed by atoms with E-state index in [1.54, 1.807) is 0 Å². The van der Waals surface area contributed by atoms with E-state index in [0.29, 0.717) is 12.1 Å². The minimum atomic E-state index is 0.404. The van der Waals surface area contributed by atoms with E-state index in [0.717, 1.165) is 11.8 Å². The molecule has 1 aliphatic rings. The van der Waals surface area contributed by atoms with Gasteiger partial charge in [0, 0.05) is 24.5 Å². The smallest absolute Gasteiger partial charge is 0.0315 e. The van der Waals surface area contributed by atoms with Crippen LogP contribution < -0.4 is 5.32 Å². The molecular weight excluding hydrogens is 208 g/mol. The summed E-state index contributed by atoms with van der Waals surface area (Å²) in [5.74, 6) is 1.66. The second-order valence-corrected chi connectivity index (χ2v) is 5.68. The molecule has 1 fully saturated rings. The zero-order chi connectivity index (χ0) is 12.3. The van der Waals surface area contributed by atoms with Crippen LogP contribution in [0, 0.1) is 11.8 Å². The molecule has 1 heterocycles. The molecule has 2 nitrogen and oxygen atoms in total. The number of rotatable bonds is 3. The second-order valence-electron chi connectivity index (χ2n) is 5.68. The summed E-state index contributed by atoms with van der Waals surface area (Å²) in [7, 11) is 0. The average molecular weight is 232 g/mol. The molecule has 17 heavy (non-hydrogen) atoms. The molecule has 1 aromatic heterocycles. The van der Waals surface area contributed by atoms with Gasteiger partial charge in [0.25, 0.3) is 0 Å². The SMILES string of the molecule is CC1CCC(C)C(N[C@@H](C)c2cccnc2)C1. The first-order chi connectivity index (χ1) is 8.16. The number of pyridine rings is 1. The van der Waals surface area contributed by atoms with Gasteiger partial charge in [0.15, 0.2) is 0 Å². The molecule has 0 bridgehead atoms. The Bertz CT molecular complexity index is 336. The van der Waals surface area contributed by atoms with Crippen LogP contribution in [0.4, 0.5) is 0 Å². The van der Waals surface area contributed by atoms with Crippen molar-refractivity contribution in [1.29, 1.82) is 0 Å². The quantitative estimate of drug-likeness (QED) is 0.862. The predicted octanol–water partition coefficient (Wildman–Crippen LogP) is 3.56. The van der Waals surface area contributed by atoms with Gasteiger partial charge in [0.2, 0.25) is 0 Å². The first-order valence-corrected chi connectivity index (χ1v) is 6.82. The fraction of sp³-hybridized carbons (Fsp3) is 0.667. The van der Waals surface area contributed by atoms with E-state index in [1.165, 1.54) is 24.8 Å². The summed E-state index contributed by atoms with van der Waals surface area (Å²) in [6.07, 6.45) is 7.86. The van der Waals surface area contributed by atoms with Crippen molar-refractivity contribution in [3.05, 3.63) is 30.1 Å². The van der Waals surface area contributed by atoms with Crippen LogP contribution in [-0.2, 0) is 0 Å². The van der Waals surface area contributed by atoms with Gasteiger partial charge in [0.1, 0.15) is 0 Å². The number of hydrogen-bond donors (Lipinski definition) is 1. The van der Waals surface area contributed by atoms with Crippen LogP contribution >= 0.6 is 0 Å². The van der Waals surface area contributed by atoms with Crippen molar-refractivity contribution in [1.82, 2.24) is 10.3 Å². The van der Waals surface area contributed by atoms with Gasteiger partial charge < -0.3 is 5.32 Å². The first-order valence-electron chi connectivity index (χ1n) is 6.82. The molecule has 1 N–H and O–H groups in total. The average Bonchev–Trinajstić information content (AvgIpc) is 2.35. The Kier molecular flexibility index (Phi) is 4.16. The normalized spacial score (nSPS) is 31.1. The van der Waals surface area contributed by atoms with Gasteiger partial charge in [-0.1, -0.05) is 26.3 Å². The predicted molar refractivity (Wildman–Crippen MR) is 71.8 cm³/mol. The lowest BCUT2D eigenvalue weighted by atomic mass is 9.79. The summed E-state index contributed by atoms with van der Waals surface area (Å²) in [5, 5.41) is 3.78. The Hall–Kier alpha value is -0.890. The third-order valence-electron chi connectivity index (χ3n) is 4.11. The van der Waals surface area contributed by atoms with Crippen LogP contribution in [0.3, 0.4) is 0 Å². The van der Waals surface area contributed by atoms with Crippen molar-refractivity contribution >= 4 is 0 Å². The van der Waals surface area contributed by atoms with E-state index < -0.39 is 0 Å². The van der Waals surface area contributed by atoms with E-state index in [4.69, 9.17) is 0 Å².